The van der Waals surface area contributed by atoms with Gasteiger partial charge in [-0.25, -0.2) is 8.42 Å². The number of piperidine rings is 1. The van der Waals surface area contributed by atoms with Crippen molar-refractivity contribution in [3.63, 3.8) is 0 Å². The Labute approximate surface area is 143 Å². The van der Waals surface area contributed by atoms with Crippen LogP contribution in [0.1, 0.15) is 43.2 Å². The van der Waals surface area contributed by atoms with Gasteiger partial charge in [-0.05, 0) is 68.2 Å². The van der Waals surface area contributed by atoms with Crippen LogP contribution in [-0.4, -0.2) is 37.8 Å². The minimum absolute atomic E-state index is 0.0444. The minimum atomic E-state index is -3.44. The highest BCUT2D eigenvalue weighted by atomic mass is 32.2. The first kappa shape index (κ1) is 16.1. The largest absolute Gasteiger partial charge is 0.353 e. The van der Waals surface area contributed by atoms with Crippen molar-refractivity contribution < 1.29 is 13.2 Å². The number of nitrogens with zero attached hydrogens (tertiary/aromatic N) is 1. The third-order valence-corrected chi connectivity index (χ3v) is 7.35. The number of sulfonamides is 1. The maximum atomic E-state index is 12.9. The molecule has 130 valence electrons. The number of amides is 1. The Bertz CT molecular complexity index is 748. The second-order valence-corrected chi connectivity index (χ2v) is 9.18. The third kappa shape index (κ3) is 3.09. The van der Waals surface area contributed by atoms with Gasteiger partial charge in [0.05, 0.1) is 4.90 Å². The summed E-state index contributed by atoms with van der Waals surface area (Å²) in [5, 5.41) is 3.03. The van der Waals surface area contributed by atoms with Gasteiger partial charge in [-0.1, -0.05) is 6.07 Å². The molecule has 1 aromatic carbocycles. The topological polar surface area (TPSA) is 66.5 Å². The van der Waals surface area contributed by atoms with Crippen LogP contribution in [0.2, 0.25) is 0 Å². The zero-order valence-electron chi connectivity index (χ0n) is 13.8. The van der Waals surface area contributed by atoms with Crippen LogP contribution >= 0.6 is 0 Å². The number of carbonyl (C=O) groups is 1. The summed E-state index contributed by atoms with van der Waals surface area (Å²) in [6.45, 7) is 0.865. The van der Waals surface area contributed by atoms with Crippen LogP contribution in [0.4, 0.5) is 0 Å². The lowest BCUT2D eigenvalue weighted by Crippen LogP contribution is -2.43. The monoisotopic (exact) mass is 348 g/mol. The molecule has 1 heterocycles. The molecule has 2 fully saturated rings. The SMILES string of the molecule is O=C(NC1CC1)C1CCN(S(=O)(=O)c2ccc3c(c2)CCC3)CC1. The molecule has 0 atom stereocenters. The quantitative estimate of drug-likeness (QED) is 0.903. The Morgan fingerprint density at radius 1 is 1.04 bits per heavy atom. The van der Waals surface area contributed by atoms with Crippen molar-refractivity contribution >= 4 is 15.9 Å². The Hall–Kier alpha value is -1.40. The van der Waals surface area contributed by atoms with Gasteiger partial charge < -0.3 is 5.32 Å². The summed E-state index contributed by atoms with van der Waals surface area (Å²) in [5.41, 5.74) is 2.46. The van der Waals surface area contributed by atoms with E-state index in [1.165, 1.54) is 11.1 Å². The Morgan fingerprint density at radius 2 is 1.75 bits per heavy atom. The van der Waals surface area contributed by atoms with E-state index >= 15 is 0 Å². The predicted octanol–water partition coefficient (Wildman–Crippen LogP) is 1.85. The molecule has 6 heteroatoms. The molecule has 0 unspecified atom stereocenters. The maximum Gasteiger partial charge on any atom is 0.243 e. The lowest BCUT2D eigenvalue weighted by atomic mass is 9.97. The highest BCUT2D eigenvalue weighted by Crippen LogP contribution is 2.29. The number of carbonyl (C=O) groups excluding carboxylic acids is 1. The van der Waals surface area contributed by atoms with Crippen LogP contribution in [0, 0.1) is 5.92 Å². The lowest BCUT2D eigenvalue weighted by molar-refractivity contribution is -0.126. The van der Waals surface area contributed by atoms with Crippen LogP contribution in [-0.2, 0) is 27.7 Å². The first-order chi connectivity index (χ1) is 11.5. The fourth-order valence-electron chi connectivity index (χ4n) is 3.76. The molecule has 0 bridgehead atoms. The molecule has 1 saturated heterocycles. The molecule has 1 amide bonds. The molecule has 1 N–H and O–H groups in total. The molecule has 1 aliphatic heterocycles. The van der Waals surface area contributed by atoms with E-state index in [4.69, 9.17) is 0 Å². The van der Waals surface area contributed by atoms with Gasteiger partial charge in [-0.2, -0.15) is 4.31 Å². The maximum absolute atomic E-state index is 12.9. The van der Waals surface area contributed by atoms with Crippen molar-refractivity contribution in [2.75, 3.05) is 13.1 Å². The summed E-state index contributed by atoms with van der Waals surface area (Å²) in [6, 6.07) is 5.92. The molecule has 0 radical (unpaired) electrons. The third-order valence-electron chi connectivity index (χ3n) is 5.46. The van der Waals surface area contributed by atoms with Crippen LogP contribution in [0.25, 0.3) is 0 Å². The zero-order chi connectivity index (χ0) is 16.7. The smallest absolute Gasteiger partial charge is 0.243 e. The van der Waals surface area contributed by atoms with Crippen molar-refractivity contribution in [3.05, 3.63) is 29.3 Å². The van der Waals surface area contributed by atoms with Gasteiger partial charge in [0.25, 0.3) is 0 Å². The Kier molecular flexibility index (Phi) is 4.12. The molecule has 24 heavy (non-hydrogen) atoms. The van der Waals surface area contributed by atoms with Crippen molar-refractivity contribution in [2.24, 2.45) is 5.92 Å². The minimum Gasteiger partial charge on any atom is -0.353 e. The van der Waals surface area contributed by atoms with E-state index in [2.05, 4.69) is 5.32 Å². The van der Waals surface area contributed by atoms with E-state index < -0.39 is 10.0 Å². The average molecular weight is 348 g/mol. The summed E-state index contributed by atoms with van der Waals surface area (Å²) < 4.78 is 27.3. The van der Waals surface area contributed by atoms with Crippen LogP contribution in [0.3, 0.4) is 0 Å². The van der Waals surface area contributed by atoms with Crippen LogP contribution in [0.5, 0.6) is 0 Å². The second-order valence-electron chi connectivity index (χ2n) is 7.25. The normalized spacial score (nSPS) is 22.3. The van der Waals surface area contributed by atoms with E-state index in [9.17, 15) is 13.2 Å². The molecule has 2 aliphatic carbocycles. The summed E-state index contributed by atoms with van der Waals surface area (Å²) in [4.78, 5) is 12.5. The molecule has 5 nitrogen and oxygen atoms in total. The molecule has 3 aliphatic rings. The predicted molar refractivity (Wildman–Crippen MR) is 91.1 cm³/mol. The zero-order valence-corrected chi connectivity index (χ0v) is 14.6. The highest BCUT2D eigenvalue weighted by Gasteiger charge is 2.34. The number of hydrogen-bond donors (Lipinski definition) is 1. The highest BCUT2D eigenvalue weighted by molar-refractivity contribution is 7.89. The first-order valence-electron chi connectivity index (χ1n) is 8.96. The van der Waals surface area contributed by atoms with Gasteiger partial charge in [0.2, 0.25) is 15.9 Å². The number of fused-ring (bicyclic) bond motifs is 1. The van der Waals surface area contributed by atoms with E-state index in [1.807, 2.05) is 12.1 Å². The van der Waals surface area contributed by atoms with Crippen molar-refractivity contribution in [1.29, 1.82) is 0 Å². The van der Waals surface area contributed by atoms with Crippen LogP contribution in [0.15, 0.2) is 23.1 Å². The fourth-order valence-corrected chi connectivity index (χ4v) is 5.28. The summed E-state index contributed by atoms with van der Waals surface area (Å²) in [5.74, 6) is 0.0594. The van der Waals surface area contributed by atoms with Crippen molar-refractivity contribution in [1.82, 2.24) is 9.62 Å². The van der Waals surface area contributed by atoms with Crippen LogP contribution < -0.4 is 5.32 Å². The van der Waals surface area contributed by atoms with Gasteiger partial charge in [0, 0.05) is 25.0 Å². The number of aryl methyl sites for hydroxylation is 2. The molecular formula is C18H24N2O3S. The van der Waals surface area contributed by atoms with Gasteiger partial charge in [0.15, 0.2) is 0 Å². The molecule has 0 aromatic heterocycles. The van der Waals surface area contributed by atoms with Gasteiger partial charge in [-0.3, -0.25) is 4.79 Å². The summed E-state index contributed by atoms with van der Waals surface area (Å²) >= 11 is 0. The van der Waals surface area contributed by atoms with E-state index in [0.717, 1.165) is 32.1 Å². The summed E-state index contributed by atoms with van der Waals surface area (Å²) in [6.07, 6.45) is 6.53. The number of nitrogens with one attached hydrogen (secondary N) is 1. The summed E-state index contributed by atoms with van der Waals surface area (Å²) in [7, 11) is -3.44. The van der Waals surface area contributed by atoms with Gasteiger partial charge in [-0.15, -0.1) is 0 Å². The number of rotatable bonds is 4. The number of benzene rings is 1. The van der Waals surface area contributed by atoms with Crippen molar-refractivity contribution in [2.45, 2.75) is 55.9 Å². The molecule has 0 spiro atoms. The van der Waals surface area contributed by atoms with E-state index in [1.54, 1.807) is 10.4 Å². The lowest BCUT2D eigenvalue weighted by Gasteiger charge is -2.30. The molecule has 4 rings (SSSR count). The molecular weight excluding hydrogens is 324 g/mol. The molecule has 1 aromatic rings. The fraction of sp³-hybridized carbons (Fsp3) is 0.611. The van der Waals surface area contributed by atoms with Crippen molar-refractivity contribution in [3.8, 4) is 0 Å². The van der Waals surface area contributed by atoms with Gasteiger partial charge in [0.1, 0.15) is 0 Å². The number of hydrogen-bond acceptors (Lipinski definition) is 3. The van der Waals surface area contributed by atoms with Gasteiger partial charge >= 0.3 is 0 Å². The Morgan fingerprint density at radius 3 is 2.46 bits per heavy atom. The second kappa shape index (κ2) is 6.15. The molecule has 1 saturated carbocycles. The first-order valence-corrected chi connectivity index (χ1v) is 10.4. The van der Waals surface area contributed by atoms with E-state index in [0.29, 0.717) is 36.9 Å². The standard InChI is InChI=1S/C18H24N2O3S/c21-18(19-16-5-6-16)14-8-10-20(11-9-14)24(22,23)17-7-4-13-2-1-3-15(13)12-17/h4,7,12,14,16H,1-3,5-6,8-11H2,(H,19,21). The van der Waals surface area contributed by atoms with E-state index in [-0.39, 0.29) is 11.8 Å². The Balaban J connectivity index is 1.43. The average Bonchev–Trinajstić information content (AvgIpc) is 3.27.